The highest BCUT2D eigenvalue weighted by Gasteiger charge is 2.21. The molecule has 1 heterocycles. The number of ether oxygens (including phenoxy) is 1. The van der Waals surface area contributed by atoms with Gasteiger partial charge in [0.1, 0.15) is 5.75 Å². The van der Waals surface area contributed by atoms with Gasteiger partial charge in [0.15, 0.2) is 0 Å². The number of benzene rings is 2. The number of amides is 2. The molecule has 2 aromatic rings. The van der Waals surface area contributed by atoms with Crippen molar-refractivity contribution in [2.75, 3.05) is 11.9 Å². The lowest BCUT2D eigenvalue weighted by Gasteiger charge is -2.17. The fraction of sp³-hybridized carbons (Fsp3) is 0.222. The molecule has 0 unspecified atom stereocenters. The second-order valence-corrected chi connectivity index (χ2v) is 7.49. The van der Waals surface area contributed by atoms with Gasteiger partial charge in [0.25, 0.3) is 10.0 Å². The zero-order valence-corrected chi connectivity index (χ0v) is 14.7. The van der Waals surface area contributed by atoms with Crippen LogP contribution in [0.4, 0.5) is 5.69 Å². The van der Waals surface area contributed by atoms with Crippen molar-refractivity contribution in [3.8, 4) is 5.75 Å². The number of hydrogen-bond donors (Lipinski definition) is 2. The van der Waals surface area contributed by atoms with E-state index >= 15 is 0 Å². The number of nitrogens with one attached hydrogen (secondary N) is 2. The molecule has 1 aliphatic rings. The smallest absolute Gasteiger partial charge is 0.264 e. The third kappa shape index (κ3) is 4.40. The van der Waals surface area contributed by atoms with Crippen LogP contribution in [0.5, 0.6) is 5.75 Å². The number of sulfonamides is 1. The topological polar surface area (TPSA) is 102 Å². The highest BCUT2D eigenvalue weighted by Crippen LogP contribution is 2.25. The van der Waals surface area contributed by atoms with Crippen molar-refractivity contribution in [1.82, 2.24) is 4.72 Å². The molecule has 2 aromatic carbocycles. The Bertz CT molecular complexity index is 926. The lowest BCUT2D eigenvalue weighted by Crippen LogP contribution is -2.31. The summed E-state index contributed by atoms with van der Waals surface area (Å²) < 4.78 is 32.2. The maximum absolute atomic E-state index is 12.4. The molecule has 0 spiro atoms. The van der Waals surface area contributed by atoms with Crippen molar-refractivity contribution in [3.63, 3.8) is 0 Å². The van der Waals surface area contributed by atoms with Gasteiger partial charge in [-0.1, -0.05) is 18.2 Å². The Kier molecular flexibility index (Phi) is 5.22. The zero-order valence-electron chi connectivity index (χ0n) is 13.9. The zero-order chi connectivity index (χ0) is 18.6. The van der Waals surface area contributed by atoms with Crippen molar-refractivity contribution in [2.45, 2.75) is 24.2 Å². The molecule has 3 rings (SSSR count). The second-order valence-electron chi connectivity index (χ2n) is 5.81. The standard InChI is InChI=1S/C18H18N2O5S/c21-17-9-6-13-12-15(7-8-16(13)19-17)26(23,24)20-18(22)10-11-25-14-4-2-1-3-5-14/h1-5,7-8,12H,6,9-11H2,(H,19,21)(H,20,22). The first kappa shape index (κ1) is 17.9. The molecule has 0 aromatic heterocycles. The molecular weight excluding hydrogens is 356 g/mol. The minimum atomic E-state index is -3.97. The number of rotatable bonds is 6. The summed E-state index contributed by atoms with van der Waals surface area (Å²) in [5.41, 5.74) is 1.33. The van der Waals surface area contributed by atoms with Crippen LogP contribution in [-0.2, 0) is 26.0 Å². The maximum atomic E-state index is 12.4. The molecule has 2 N–H and O–H groups in total. The number of fused-ring (bicyclic) bond motifs is 1. The van der Waals surface area contributed by atoms with Gasteiger partial charge in [-0.15, -0.1) is 0 Å². The number of carbonyl (C=O) groups is 2. The van der Waals surface area contributed by atoms with Crippen LogP contribution in [0.25, 0.3) is 0 Å². The Morgan fingerprint density at radius 2 is 1.88 bits per heavy atom. The number of anilines is 1. The largest absolute Gasteiger partial charge is 0.493 e. The molecule has 26 heavy (non-hydrogen) atoms. The van der Waals surface area contributed by atoms with Gasteiger partial charge >= 0.3 is 0 Å². The van der Waals surface area contributed by atoms with E-state index in [0.717, 1.165) is 5.56 Å². The SMILES string of the molecule is O=C1CCc2cc(S(=O)(=O)NC(=O)CCOc3ccccc3)ccc2N1. The molecule has 0 saturated heterocycles. The van der Waals surface area contributed by atoms with E-state index in [0.29, 0.717) is 24.3 Å². The monoisotopic (exact) mass is 374 g/mol. The third-order valence-electron chi connectivity index (χ3n) is 3.87. The van der Waals surface area contributed by atoms with Gasteiger partial charge in [-0.2, -0.15) is 0 Å². The Labute approximate surface area is 151 Å². The molecule has 0 radical (unpaired) electrons. The molecule has 1 aliphatic heterocycles. The number of aryl methyl sites for hydroxylation is 1. The summed E-state index contributed by atoms with van der Waals surface area (Å²) in [5, 5.41) is 2.69. The van der Waals surface area contributed by atoms with Gasteiger partial charge in [0.05, 0.1) is 17.9 Å². The molecule has 7 nitrogen and oxygen atoms in total. The molecule has 2 amide bonds. The summed E-state index contributed by atoms with van der Waals surface area (Å²) in [4.78, 5) is 23.3. The van der Waals surface area contributed by atoms with Crippen LogP contribution < -0.4 is 14.8 Å². The first-order valence-corrected chi connectivity index (χ1v) is 9.59. The van der Waals surface area contributed by atoms with E-state index in [4.69, 9.17) is 4.74 Å². The van der Waals surface area contributed by atoms with Crippen molar-refractivity contribution in [2.24, 2.45) is 0 Å². The van der Waals surface area contributed by atoms with Gasteiger partial charge in [-0.25, -0.2) is 13.1 Å². The van der Waals surface area contributed by atoms with E-state index in [2.05, 4.69) is 5.32 Å². The van der Waals surface area contributed by atoms with E-state index in [9.17, 15) is 18.0 Å². The van der Waals surface area contributed by atoms with E-state index < -0.39 is 15.9 Å². The van der Waals surface area contributed by atoms with Crippen LogP contribution in [0, 0.1) is 0 Å². The summed E-state index contributed by atoms with van der Waals surface area (Å²) in [6.07, 6.45) is 0.679. The summed E-state index contributed by atoms with van der Waals surface area (Å²) in [6, 6.07) is 13.3. The Balaban J connectivity index is 1.59. The van der Waals surface area contributed by atoms with Crippen LogP contribution in [0.3, 0.4) is 0 Å². The molecule has 0 atom stereocenters. The molecule has 0 bridgehead atoms. The summed E-state index contributed by atoms with van der Waals surface area (Å²) in [5.74, 6) is -0.133. The minimum absolute atomic E-state index is 0.00951. The number of para-hydroxylation sites is 1. The number of carbonyl (C=O) groups excluding carboxylic acids is 2. The predicted molar refractivity (Wildman–Crippen MR) is 95.3 cm³/mol. The van der Waals surface area contributed by atoms with Crippen molar-refractivity contribution in [3.05, 3.63) is 54.1 Å². The molecular formula is C18H18N2O5S. The molecule has 136 valence electrons. The highest BCUT2D eigenvalue weighted by atomic mass is 32.2. The fourth-order valence-electron chi connectivity index (χ4n) is 2.57. The fourth-order valence-corrected chi connectivity index (χ4v) is 3.63. The molecule has 8 heteroatoms. The molecule has 0 aliphatic carbocycles. The van der Waals surface area contributed by atoms with E-state index in [1.54, 1.807) is 24.3 Å². The van der Waals surface area contributed by atoms with Gasteiger partial charge < -0.3 is 10.1 Å². The summed E-state index contributed by atoms with van der Waals surface area (Å²) in [7, 11) is -3.97. The Hall–Kier alpha value is -2.87. The van der Waals surface area contributed by atoms with Gasteiger partial charge in [-0.3, -0.25) is 9.59 Å². The first-order chi connectivity index (χ1) is 12.4. The van der Waals surface area contributed by atoms with E-state index in [-0.39, 0.29) is 23.8 Å². The van der Waals surface area contributed by atoms with Gasteiger partial charge in [-0.05, 0) is 42.3 Å². The van der Waals surface area contributed by atoms with Crippen molar-refractivity contribution < 1.29 is 22.7 Å². The Morgan fingerprint density at radius 3 is 2.65 bits per heavy atom. The summed E-state index contributed by atoms with van der Waals surface area (Å²) in [6.45, 7) is 0.0710. The first-order valence-electron chi connectivity index (χ1n) is 8.10. The summed E-state index contributed by atoms with van der Waals surface area (Å²) >= 11 is 0. The average molecular weight is 374 g/mol. The van der Waals surface area contributed by atoms with Gasteiger partial charge in [0.2, 0.25) is 11.8 Å². The van der Waals surface area contributed by atoms with Crippen LogP contribution in [0.2, 0.25) is 0 Å². The molecule has 0 saturated carbocycles. The van der Waals surface area contributed by atoms with E-state index in [1.165, 1.54) is 18.2 Å². The maximum Gasteiger partial charge on any atom is 0.264 e. The van der Waals surface area contributed by atoms with Crippen molar-refractivity contribution in [1.29, 1.82) is 0 Å². The lowest BCUT2D eigenvalue weighted by molar-refractivity contribution is -0.120. The average Bonchev–Trinajstić information content (AvgIpc) is 2.61. The van der Waals surface area contributed by atoms with Crippen LogP contribution in [0.15, 0.2) is 53.4 Å². The third-order valence-corrected chi connectivity index (χ3v) is 5.24. The normalized spacial score (nSPS) is 13.5. The van der Waals surface area contributed by atoms with Gasteiger partial charge in [0, 0.05) is 12.1 Å². The number of hydrogen-bond acceptors (Lipinski definition) is 5. The minimum Gasteiger partial charge on any atom is -0.493 e. The predicted octanol–water partition coefficient (Wildman–Crippen LogP) is 1.85. The molecule has 0 fully saturated rings. The quantitative estimate of drug-likeness (QED) is 0.803. The van der Waals surface area contributed by atoms with Crippen LogP contribution >= 0.6 is 0 Å². The van der Waals surface area contributed by atoms with E-state index in [1.807, 2.05) is 10.8 Å². The lowest BCUT2D eigenvalue weighted by atomic mass is 10.0. The van der Waals surface area contributed by atoms with Crippen molar-refractivity contribution >= 4 is 27.5 Å². The highest BCUT2D eigenvalue weighted by molar-refractivity contribution is 7.90. The Morgan fingerprint density at radius 1 is 1.12 bits per heavy atom. The van der Waals surface area contributed by atoms with Crippen LogP contribution in [-0.4, -0.2) is 26.8 Å². The van der Waals surface area contributed by atoms with Crippen LogP contribution in [0.1, 0.15) is 18.4 Å². The second kappa shape index (κ2) is 7.57.